The zero-order chi connectivity index (χ0) is 14.8. The Morgan fingerprint density at radius 3 is 2.38 bits per heavy atom. The standard InChI is InChI=1S/C17H12BrNOS/c1-11-16(13-7-9-14(18)10-8-13)21-17(19-11)15(20)12-5-3-2-4-6-12/h2-10H,1H3. The van der Waals surface area contributed by atoms with E-state index in [1.807, 2.05) is 61.5 Å². The molecule has 0 unspecified atom stereocenters. The van der Waals surface area contributed by atoms with E-state index in [1.165, 1.54) is 11.3 Å². The molecule has 0 atom stereocenters. The van der Waals surface area contributed by atoms with Gasteiger partial charge in [0.05, 0.1) is 10.6 Å². The molecule has 21 heavy (non-hydrogen) atoms. The van der Waals surface area contributed by atoms with Crippen molar-refractivity contribution in [2.24, 2.45) is 0 Å². The molecule has 0 saturated carbocycles. The molecular weight excluding hydrogens is 346 g/mol. The van der Waals surface area contributed by atoms with Crippen molar-refractivity contribution in [3.63, 3.8) is 0 Å². The van der Waals surface area contributed by atoms with Crippen LogP contribution in [-0.2, 0) is 0 Å². The van der Waals surface area contributed by atoms with Gasteiger partial charge in [0.25, 0.3) is 0 Å². The average molecular weight is 358 g/mol. The van der Waals surface area contributed by atoms with Crippen LogP contribution >= 0.6 is 27.3 Å². The Balaban J connectivity index is 1.98. The minimum Gasteiger partial charge on any atom is -0.286 e. The van der Waals surface area contributed by atoms with Gasteiger partial charge in [-0.3, -0.25) is 4.79 Å². The van der Waals surface area contributed by atoms with Crippen LogP contribution in [0.25, 0.3) is 10.4 Å². The maximum absolute atomic E-state index is 12.4. The molecule has 3 rings (SSSR count). The third-order valence-corrected chi connectivity index (χ3v) is 4.87. The number of carbonyl (C=O) groups excluding carboxylic acids is 1. The van der Waals surface area contributed by atoms with Gasteiger partial charge in [-0.1, -0.05) is 58.4 Å². The summed E-state index contributed by atoms with van der Waals surface area (Å²) in [5.74, 6) is -0.0212. The van der Waals surface area contributed by atoms with Crippen LogP contribution in [-0.4, -0.2) is 10.8 Å². The molecule has 104 valence electrons. The predicted molar refractivity (Wildman–Crippen MR) is 89.9 cm³/mol. The third-order valence-electron chi connectivity index (χ3n) is 3.13. The minimum absolute atomic E-state index is 0.0212. The van der Waals surface area contributed by atoms with Crippen molar-refractivity contribution in [3.8, 4) is 10.4 Å². The lowest BCUT2D eigenvalue weighted by Crippen LogP contribution is -1.99. The summed E-state index contributed by atoms with van der Waals surface area (Å²) in [6.07, 6.45) is 0. The zero-order valence-electron chi connectivity index (χ0n) is 11.3. The van der Waals surface area contributed by atoms with Crippen LogP contribution in [0.15, 0.2) is 59.1 Å². The quantitative estimate of drug-likeness (QED) is 0.609. The number of hydrogen-bond acceptors (Lipinski definition) is 3. The number of aromatic nitrogens is 1. The second-order valence-electron chi connectivity index (χ2n) is 4.64. The van der Waals surface area contributed by atoms with Crippen molar-refractivity contribution in [1.29, 1.82) is 0 Å². The van der Waals surface area contributed by atoms with Crippen molar-refractivity contribution in [3.05, 3.63) is 75.3 Å². The van der Waals surface area contributed by atoms with Crippen LogP contribution in [0.3, 0.4) is 0 Å². The first kappa shape index (κ1) is 14.2. The Labute approximate surface area is 135 Å². The highest BCUT2D eigenvalue weighted by atomic mass is 79.9. The van der Waals surface area contributed by atoms with Crippen molar-refractivity contribution < 1.29 is 4.79 Å². The molecule has 0 bridgehead atoms. The SMILES string of the molecule is Cc1nc(C(=O)c2ccccc2)sc1-c1ccc(Br)cc1. The summed E-state index contributed by atoms with van der Waals surface area (Å²) in [5.41, 5.74) is 2.65. The second-order valence-corrected chi connectivity index (χ2v) is 6.55. The summed E-state index contributed by atoms with van der Waals surface area (Å²) in [5, 5.41) is 0.539. The molecule has 2 aromatic carbocycles. The van der Waals surface area contributed by atoms with Crippen LogP contribution in [0.2, 0.25) is 0 Å². The first-order valence-corrected chi connectivity index (χ1v) is 8.09. The lowest BCUT2D eigenvalue weighted by atomic mass is 10.1. The fraction of sp³-hybridized carbons (Fsp3) is 0.0588. The van der Waals surface area contributed by atoms with Gasteiger partial charge < -0.3 is 0 Å². The Bertz CT molecular complexity index is 778. The fourth-order valence-electron chi connectivity index (χ4n) is 2.08. The molecule has 0 radical (unpaired) electrons. The number of benzene rings is 2. The molecule has 0 aliphatic carbocycles. The maximum Gasteiger partial charge on any atom is 0.221 e. The van der Waals surface area contributed by atoms with Crippen molar-refractivity contribution >= 4 is 33.0 Å². The summed E-state index contributed by atoms with van der Waals surface area (Å²) in [6.45, 7) is 1.94. The highest BCUT2D eigenvalue weighted by Crippen LogP contribution is 2.31. The number of carbonyl (C=O) groups is 1. The lowest BCUT2D eigenvalue weighted by Gasteiger charge is -1.98. The van der Waals surface area contributed by atoms with Crippen LogP contribution in [0.5, 0.6) is 0 Å². The normalized spacial score (nSPS) is 10.6. The lowest BCUT2D eigenvalue weighted by molar-refractivity contribution is 0.103. The monoisotopic (exact) mass is 357 g/mol. The van der Waals surface area contributed by atoms with Crippen LogP contribution in [0, 0.1) is 6.92 Å². The number of aryl methyl sites for hydroxylation is 1. The highest BCUT2D eigenvalue weighted by Gasteiger charge is 2.16. The van der Waals surface area contributed by atoms with Gasteiger partial charge in [-0.25, -0.2) is 4.98 Å². The second kappa shape index (κ2) is 5.92. The van der Waals surface area contributed by atoms with Crippen molar-refractivity contribution in [2.75, 3.05) is 0 Å². The highest BCUT2D eigenvalue weighted by molar-refractivity contribution is 9.10. The van der Waals surface area contributed by atoms with E-state index in [4.69, 9.17) is 0 Å². The number of rotatable bonds is 3. The predicted octanol–water partition coefficient (Wildman–Crippen LogP) is 5.11. The molecule has 1 heterocycles. The summed E-state index contributed by atoms with van der Waals surface area (Å²) in [4.78, 5) is 17.9. The summed E-state index contributed by atoms with van der Waals surface area (Å²) < 4.78 is 1.04. The topological polar surface area (TPSA) is 30.0 Å². The smallest absolute Gasteiger partial charge is 0.221 e. The van der Waals surface area contributed by atoms with Gasteiger partial charge in [-0.15, -0.1) is 11.3 Å². The molecular formula is C17H12BrNOS. The summed E-state index contributed by atoms with van der Waals surface area (Å²) in [7, 11) is 0. The van der Waals surface area contributed by atoms with Crippen LogP contribution in [0.4, 0.5) is 0 Å². The number of ketones is 1. The largest absolute Gasteiger partial charge is 0.286 e. The van der Waals surface area contributed by atoms with Gasteiger partial charge in [-0.05, 0) is 24.6 Å². The van der Waals surface area contributed by atoms with Crippen LogP contribution in [0.1, 0.15) is 21.1 Å². The molecule has 0 amide bonds. The number of hydrogen-bond donors (Lipinski definition) is 0. The molecule has 0 saturated heterocycles. The van der Waals surface area contributed by atoms with E-state index in [2.05, 4.69) is 20.9 Å². The van der Waals surface area contributed by atoms with Crippen LogP contribution < -0.4 is 0 Å². The van der Waals surface area contributed by atoms with E-state index >= 15 is 0 Å². The molecule has 0 fully saturated rings. The molecule has 4 heteroatoms. The van der Waals surface area contributed by atoms with Crippen molar-refractivity contribution in [1.82, 2.24) is 4.98 Å². The van der Waals surface area contributed by atoms with E-state index in [0.717, 1.165) is 20.6 Å². The minimum atomic E-state index is -0.0212. The van der Waals surface area contributed by atoms with E-state index in [9.17, 15) is 4.79 Å². The Hall–Kier alpha value is -1.78. The number of thiazole rings is 1. The summed E-state index contributed by atoms with van der Waals surface area (Å²) in [6, 6.07) is 17.3. The van der Waals surface area contributed by atoms with Gasteiger partial charge in [0.1, 0.15) is 0 Å². The van der Waals surface area contributed by atoms with Gasteiger partial charge in [0.2, 0.25) is 5.78 Å². The average Bonchev–Trinajstić information content (AvgIpc) is 2.90. The van der Waals surface area contributed by atoms with Gasteiger partial charge in [0.15, 0.2) is 5.01 Å². The molecule has 3 aromatic rings. The van der Waals surface area contributed by atoms with E-state index < -0.39 is 0 Å². The molecule has 0 aliphatic heterocycles. The number of nitrogens with zero attached hydrogens (tertiary/aromatic N) is 1. The molecule has 0 spiro atoms. The maximum atomic E-state index is 12.4. The molecule has 2 nitrogen and oxygen atoms in total. The summed E-state index contributed by atoms with van der Waals surface area (Å²) >= 11 is 4.87. The van der Waals surface area contributed by atoms with Crippen molar-refractivity contribution in [2.45, 2.75) is 6.92 Å². The third kappa shape index (κ3) is 2.96. The Kier molecular flexibility index (Phi) is 3.99. The van der Waals surface area contributed by atoms with Gasteiger partial charge >= 0.3 is 0 Å². The molecule has 1 aromatic heterocycles. The van der Waals surface area contributed by atoms with Gasteiger partial charge in [-0.2, -0.15) is 0 Å². The molecule has 0 aliphatic rings. The molecule has 0 N–H and O–H groups in total. The fourth-order valence-corrected chi connectivity index (χ4v) is 3.37. The number of halogens is 1. The first-order chi connectivity index (χ1) is 10.1. The van der Waals surface area contributed by atoms with Gasteiger partial charge in [0, 0.05) is 10.0 Å². The Morgan fingerprint density at radius 2 is 1.71 bits per heavy atom. The van der Waals surface area contributed by atoms with E-state index in [1.54, 1.807) is 0 Å². The van der Waals surface area contributed by atoms with E-state index in [0.29, 0.717) is 10.6 Å². The van der Waals surface area contributed by atoms with E-state index in [-0.39, 0.29) is 5.78 Å². The zero-order valence-corrected chi connectivity index (χ0v) is 13.7. The Morgan fingerprint density at radius 1 is 1.05 bits per heavy atom. The first-order valence-electron chi connectivity index (χ1n) is 6.48.